The summed E-state index contributed by atoms with van der Waals surface area (Å²) in [7, 11) is 0. The Bertz CT molecular complexity index is 644. The Labute approximate surface area is 122 Å². The van der Waals surface area contributed by atoms with Crippen LogP contribution >= 0.6 is 11.8 Å². The number of nitrogens with zero attached hydrogens (tertiary/aromatic N) is 1. The number of carbonyl (C=O) groups is 1. The number of hydrogen-bond donors (Lipinski definition) is 1. The van der Waals surface area contributed by atoms with Crippen LogP contribution in [-0.2, 0) is 5.75 Å². The maximum absolute atomic E-state index is 12.1. The van der Waals surface area contributed by atoms with Crippen LogP contribution in [0.3, 0.4) is 0 Å². The lowest BCUT2D eigenvalue weighted by Gasteiger charge is -2.07. The first-order valence-corrected chi connectivity index (χ1v) is 7.52. The standard InChI is InChI=1S/C16H14N2OS/c1-20-11-12-6-8-13(9-7-12)16(19)18-15-5-3-2-4-14(15)10-17/h2-9H,11H2,1H3,(H,18,19). The van der Waals surface area contributed by atoms with Gasteiger partial charge in [-0.3, -0.25) is 4.79 Å². The van der Waals surface area contributed by atoms with Crippen LogP contribution in [0.4, 0.5) is 5.69 Å². The summed E-state index contributed by atoms with van der Waals surface area (Å²) >= 11 is 1.74. The van der Waals surface area contributed by atoms with Gasteiger partial charge in [0.05, 0.1) is 11.3 Å². The zero-order valence-corrected chi connectivity index (χ0v) is 11.9. The minimum atomic E-state index is -0.205. The summed E-state index contributed by atoms with van der Waals surface area (Å²) in [6.07, 6.45) is 2.04. The molecule has 3 nitrogen and oxygen atoms in total. The molecule has 0 unspecified atom stereocenters. The van der Waals surface area contributed by atoms with Gasteiger partial charge in [0, 0.05) is 11.3 Å². The quantitative estimate of drug-likeness (QED) is 0.930. The van der Waals surface area contributed by atoms with Gasteiger partial charge in [0.2, 0.25) is 0 Å². The molecule has 0 spiro atoms. The molecule has 1 amide bonds. The molecule has 100 valence electrons. The van der Waals surface area contributed by atoms with Crippen LogP contribution in [0.5, 0.6) is 0 Å². The van der Waals surface area contributed by atoms with E-state index in [2.05, 4.69) is 11.4 Å². The molecular formula is C16H14N2OS. The summed E-state index contributed by atoms with van der Waals surface area (Å²) in [5, 5.41) is 11.8. The average molecular weight is 282 g/mol. The van der Waals surface area contributed by atoms with Gasteiger partial charge in [-0.2, -0.15) is 17.0 Å². The second kappa shape index (κ2) is 6.78. The van der Waals surface area contributed by atoms with Crippen LogP contribution in [0, 0.1) is 11.3 Å². The van der Waals surface area contributed by atoms with E-state index in [0.717, 1.165) is 5.75 Å². The average Bonchev–Trinajstić information content (AvgIpc) is 2.49. The van der Waals surface area contributed by atoms with Crippen molar-refractivity contribution in [2.24, 2.45) is 0 Å². The molecule has 0 atom stereocenters. The van der Waals surface area contributed by atoms with E-state index in [1.54, 1.807) is 48.2 Å². The molecule has 20 heavy (non-hydrogen) atoms. The fourth-order valence-electron chi connectivity index (χ4n) is 1.80. The predicted molar refractivity (Wildman–Crippen MR) is 82.8 cm³/mol. The van der Waals surface area contributed by atoms with Crippen molar-refractivity contribution < 1.29 is 4.79 Å². The number of thioether (sulfide) groups is 1. The zero-order chi connectivity index (χ0) is 14.4. The highest BCUT2D eigenvalue weighted by molar-refractivity contribution is 7.97. The third-order valence-electron chi connectivity index (χ3n) is 2.82. The van der Waals surface area contributed by atoms with Crippen molar-refractivity contribution >= 4 is 23.4 Å². The number of nitriles is 1. The topological polar surface area (TPSA) is 52.9 Å². The van der Waals surface area contributed by atoms with Crippen molar-refractivity contribution in [3.63, 3.8) is 0 Å². The lowest BCUT2D eigenvalue weighted by atomic mass is 10.1. The molecule has 1 N–H and O–H groups in total. The third-order valence-corrected chi connectivity index (χ3v) is 3.44. The molecule has 0 heterocycles. The Morgan fingerprint density at radius 2 is 1.90 bits per heavy atom. The van der Waals surface area contributed by atoms with E-state index >= 15 is 0 Å². The largest absolute Gasteiger partial charge is 0.321 e. The van der Waals surface area contributed by atoms with Crippen LogP contribution in [0.15, 0.2) is 48.5 Å². The SMILES string of the molecule is CSCc1ccc(C(=O)Nc2ccccc2C#N)cc1. The monoisotopic (exact) mass is 282 g/mol. The van der Waals surface area contributed by atoms with E-state index < -0.39 is 0 Å². The summed E-state index contributed by atoms with van der Waals surface area (Å²) in [4.78, 5) is 12.1. The predicted octanol–water partition coefficient (Wildman–Crippen LogP) is 3.67. The van der Waals surface area contributed by atoms with Crippen molar-refractivity contribution in [3.8, 4) is 6.07 Å². The molecular weight excluding hydrogens is 268 g/mol. The second-order valence-electron chi connectivity index (χ2n) is 4.24. The van der Waals surface area contributed by atoms with E-state index in [4.69, 9.17) is 5.26 Å². The van der Waals surface area contributed by atoms with Crippen LogP contribution in [-0.4, -0.2) is 12.2 Å². The lowest BCUT2D eigenvalue weighted by molar-refractivity contribution is 0.102. The van der Waals surface area contributed by atoms with E-state index in [9.17, 15) is 4.79 Å². The Morgan fingerprint density at radius 1 is 1.20 bits per heavy atom. The molecule has 0 saturated heterocycles. The Kier molecular flexibility index (Phi) is 4.80. The number of carbonyl (C=O) groups excluding carboxylic acids is 1. The summed E-state index contributed by atoms with van der Waals surface area (Å²) < 4.78 is 0. The van der Waals surface area contributed by atoms with Gasteiger partial charge in [-0.1, -0.05) is 24.3 Å². The molecule has 2 aromatic rings. The maximum Gasteiger partial charge on any atom is 0.255 e. The van der Waals surface area contributed by atoms with Gasteiger partial charge in [0.1, 0.15) is 6.07 Å². The molecule has 0 radical (unpaired) electrons. The zero-order valence-electron chi connectivity index (χ0n) is 11.1. The Balaban J connectivity index is 2.14. The summed E-state index contributed by atoms with van der Waals surface area (Å²) in [6, 6.07) is 16.5. The van der Waals surface area contributed by atoms with Gasteiger partial charge >= 0.3 is 0 Å². The normalized spacial score (nSPS) is 9.80. The molecule has 0 aliphatic carbocycles. The molecule has 0 aliphatic heterocycles. The van der Waals surface area contributed by atoms with Gasteiger partial charge in [0.25, 0.3) is 5.91 Å². The van der Waals surface area contributed by atoms with Crippen LogP contribution in [0.1, 0.15) is 21.5 Å². The van der Waals surface area contributed by atoms with Gasteiger partial charge in [-0.15, -0.1) is 0 Å². The second-order valence-corrected chi connectivity index (χ2v) is 5.11. The molecule has 0 aliphatic rings. The van der Waals surface area contributed by atoms with Crippen molar-refractivity contribution in [2.45, 2.75) is 5.75 Å². The first-order chi connectivity index (χ1) is 9.74. The summed E-state index contributed by atoms with van der Waals surface area (Å²) in [6.45, 7) is 0. The minimum absolute atomic E-state index is 0.205. The van der Waals surface area contributed by atoms with Crippen LogP contribution < -0.4 is 5.32 Å². The molecule has 0 fully saturated rings. The molecule has 0 bridgehead atoms. The maximum atomic E-state index is 12.1. The Morgan fingerprint density at radius 3 is 2.55 bits per heavy atom. The molecule has 2 rings (SSSR count). The van der Waals surface area contributed by atoms with E-state index in [1.807, 2.05) is 18.4 Å². The number of amides is 1. The van der Waals surface area contributed by atoms with Crippen LogP contribution in [0.25, 0.3) is 0 Å². The number of hydrogen-bond acceptors (Lipinski definition) is 3. The lowest BCUT2D eigenvalue weighted by Crippen LogP contribution is -2.12. The number of para-hydroxylation sites is 1. The van der Waals surface area contributed by atoms with Crippen molar-refractivity contribution in [3.05, 3.63) is 65.2 Å². The fraction of sp³-hybridized carbons (Fsp3) is 0.125. The van der Waals surface area contributed by atoms with Gasteiger partial charge < -0.3 is 5.32 Å². The van der Waals surface area contributed by atoms with Gasteiger partial charge in [-0.25, -0.2) is 0 Å². The third kappa shape index (κ3) is 3.40. The minimum Gasteiger partial charge on any atom is -0.321 e. The van der Waals surface area contributed by atoms with Gasteiger partial charge in [0.15, 0.2) is 0 Å². The van der Waals surface area contributed by atoms with Crippen molar-refractivity contribution in [1.29, 1.82) is 5.26 Å². The van der Waals surface area contributed by atoms with Crippen LogP contribution in [0.2, 0.25) is 0 Å². The molecule has 0 saturated carbocycles. The van der Waals surface area contributed by atoms with Crippen molar-refractivity contribution in [2.75, 3.05) is 11.6 Å². The smallest absolute Gasteiger partial charge is 0.255 e. The van der Waals surface area contributed by atoms with Gasteiger partial charge in [-0.05, 0) is 36.1 Å². The summed E-state index contributed by atoms with van der Waals surface area (Å²) in [5.41, 5.74) is 2.77. The van der Waals surface area contributed by atoms with Crippen molar-refractivity contribution in [1.82, 2.24) is 0 Å². The number of anilines is 1. The molecule has 0 aromatic heterocycles. The van der Waals surface area contributed by atoms with E-state index in [0.29, 0.717) is 16.8 Å². The van der Waals surface area contributed by atoms with E-state index in [-0.39, 0.29) is 5.91 Å². The first-order valence-electron chi connectivity index (χ1n) is 6.13. The highest BCUT2D eigenvalue weighted by Gasteiger charge is 2.08. The Hall–Kier alpha value is -2.25. The first kappa shape index (κ1) is 14.2. The number of rotatable bonds is 4. The fourth-order valence-corrected chi connectivity index (χ4v) is 2.33. The number of benzene rings is 2. The highest BCUT2D eigenvalue weighted by atomic mass is 32.2. The van der Waals surface area contributed by atoms with E-state index in [1.165, 1.54) is 5.56 Å². The summed E-state index contributed by atoms with van der Waals surface area (Å²) in [5.74, 6) is 0.725. The highest BCUT2D eigenvalue weighted by Crippen LogP contribution is 2.16. The molecule has 2 aromatic carbocycles. The number of nitrogens with one attached hydrogen (secondary N) is 1. The molecule has 4 heteroatoms.